The van der Waals surface area contributed by atoms with Gasteiger partial charge in [0.2, 0.25) is 0 Å². The fourth-order valence-electron chi connectivity index (χ4n) is 5.01. The molecule has 0 radical (unpaired) electrons. The second-order valence-corrected chi connectivity index (χ2v) is 8.41. The first-order chi connectivity index (χ1) is 15.2. The molecule has 0 N–H and O–H groups in total. The van der Waals surface area contributed by atoms with Gasteiger partial charge >= 0.3 is 0 Å². The molecular formula is C26H24N4O. The highest BCUT2D eigenvalue weighted by atomic mass is 16.2. The van der Waals surface area contributed by atoms with E-state index in [2.05, 4.69) is 52.3 Å². The Hall–Kier alpha value is -3.60. The molecule has 1 fully saturated rings. The first kappa shape index (κ1) is 18.2. The van der Waals surface area contributed by atoms with E-state index in [4.69, 9.17) is 4.98 Å². The molecule has 5 nitrogen and oxygen atoms in total. The van der Waals surface area contributed by atoms with Crippen LogP contribution >= 0.6 is 0 Å². The van der Waals surface area contributed by atoms with Crippen LogP contribution in [0.25, 0.3) is 11.8 Å². The van der Waals surface area contributed by atoms with Gasteiger partial charge in [-0.3, -0.25) is 9.69 Å². The van der Waals surface area contributed by atoms with Crippen molar-refractivity contribution in [1.29, 1.82) is 0 Å². The number of nitrogens with zero attached hydrogens (tertiary/aromatic N) is 4. The summed E-state index contributed by atoms with van der Waals surface area (Å²) in [5.41, 5.74) is 6.97. The average molecular weight is 409 g/mol. The highest BCUT2D eigenvalue weighted by Crippen LogP contribution is 2.48. The summed E-state index contributed by atoms with van der Waals surface area (Å²) < 4.78 is 0. The third-order valence-corrected chi connectivity index (χ3v) is 6.57. The van der Waals surface area contributed by atoms with Crippen molar-refractivity contribution in [2.45, 2.75) is 19.3 Å². The molecule has 0 unspecified atom stereocenters. The van der Waals surface area contributed by atoms with Crippen LogP contribution in [0, 0.1) is 0 Å². The van der Waals surface area contributed by atoms with Crippen molar-refractivity contribution in [1.82, 2.24) is 9.88 Å². The number of benzene rings is 2. The SMILES string of the molecule is CN1C(=O)c2cccc3c2C1=Cc1cccnc1N3c1cccc(N2CCCCC2)c1. The summed E-state index contributed by atoms with van der Waals surface area (Å²) in [4.78, 5) is 24.1. The molecule has 3 aliphatic heterocycles. The van der Waals surface area contributed by atoms with Crippen LogP contribution < -0.4 is 9.80 Å². The first-order valence-electron chi connectivity index (χ1n) is 11.0. The molecule has 1 amide bonds. The van der Waals surface area contributed by atoms with E-state index in [-0.39, 0.29) is 5.91 Å². The largest absolute Gasteiger partial charge is 0.371 e. The number of pyridine rings is 1. The van der Waals surface area contributed by atoms with E-state index < -0.39 is 0 Å². The maximum absolute atomic E-state index is 12.9. The second kappa shape index (κ2) is 6.98. The summed E-state index contributed by atoms with van der Waals surface area (Å²) in [7, 11) is 1.85. The Labute approximate surface area is 182 Å². The fourth-order valence-corrected chi connectivity index (χ4v) is 5.01. The van der Waals surface area contributed by atoms with Gasteiger partial charge in [-0.1, -0.05) is 12.1 Å². The van der Waals surface area contributed by atoms with E-state index in [0.29, 0.717) is 0 Å². The maximum atomic E-state index is 12.9. The third kappa shape index (κ3) is 2.76. The van der Waals surface area contributed by atoms with Crippen LogP contribution in [-0.4, -0.2) is 35.9 Å². The Morgan fingerprint density at radius 3 is 2.58 bits per heavy atom. The van der Waals surface area contributed by atoms with E-state index in [9.17, 15) is 4.79 Å². The zero-order valence-electron chi connectivity index (χ0n) is 17.6. The van der Waals surface area contributed by atoms with Gasteiger partial charge in [0.1, 0.15) is 5.82 Å². The van der Waals surface area contributed by atoms with Gasteiger partial charge in [0.25, 0.3) is 5.91 Å². The Bertz CT molecular complexity index is 1230. The molecule has 0 aliphatic carbocycles. The van der Waals surface area contributed by atoms with Crippen molar-refractivity contribution >= 4 is 40.6 Å². The van der Waals surface area contributed by atoms with Crippen molar-refractivity contribution in [3.05, 3.63) is 77.5 Å². The maximum Gasteiger partial charge on any atom is 0.258 e. The molecule has 0 spiro atoms. The summed E-state index contributed by atoms with van der Waals surface area (Å²) in [6, 6.07) is 18.7. The molecule has 1 saturated heterocycles. The van der Waals surface area contributed by atoms with E-state index >= 15 is 0 Å². The van der Waals surface area contributed by atoms with Crippen molar-refractivity contribution in [3.63, 3.8) is 0 Å². The van der Waals surface area contributed by atoms with Crippen molar-refractivity contribution in [2.24, 2.45) is 0 Å². The Kier molecular flexibility index (Phi) is 4.10. The lowest BCUT2D eigenvalue weighted by Gasteiger charge is -2.31. The summed E-state index contributed by atoms with van der Waals surface area (Å²) in [5.74, 6) is 0.923. The molecule has 1 aromatic heterocycles. The number of carbonyl (C=O) groups excluding carboxylic acids is 1. The van der Waals surface area contributed by atoms with Gasteiger partial charge in [-0.25, -0.2) is 4.98 Å². The molecule has 0 bridgehead atoms. The molecule has 3 aliphatic rings. The smallest absolute Gasteiger partial charge is 0.258 e. The van der Waals surface area contributed by atoms with Gasteiger partial charge in [-0.2, -0.15) is 0 Å². The number of rotatable bonds is 2. The highest BCUT2D eigenvalue weighted by Gasteiger charge is 2.36. The lowest BCUT2D eigenvalue weighted by Crippen LogP contribution is -2.29. The normalized spacial score (nSPS) is 17.3. The Balaban J connectivity index is 1.57. The van der Waals surface area contributed by atoms with Crippen LogP contribution in [0.3, 0.4) is 0 Å². The minimum absolute atomic E-state index is 0.0393. The summed E-state index contributed by atoms with van der Waals surface area (Å²) >= 11 is 0. The summed E-state index contributed by atoms with van der Waals surface area (Å²) in [6.07, 6.45) is 7.72. The molecule has 4 heterocycles. The minimum Gasteiger partial charge on any atom is -0.371 e. The van der Waals surface area contributed by atoms with Crippen LogP contribution in [0.4, 0.5) is 22.9 Å². The number of amides is 1. The molecule has 31 heavy (non-hydrogen) atoms. The number of fused-ring (bicyclic) bond motifs is 1. The van der Waals surface area contributed by atoms with Gasteiger partial charge in [0, 0.05) is 48.8 Å². The average Bonchev–Trinajstić information content (AvgIpc) is 2.97. The predicted molar refractivity (Wildman–Crippen MR) is 125 cm³/mol. The van der Waals surface area contributed by atoms with E-state index in [1.54, 1.807) is 4.90 Å². The minimum atomic E-state index is 0.0393. The molecule has 0 saturated carbocycles. The summed E-state index contributed by atoms with van der Waals surface area (Å²) in [5, 5.41) is 0. The standard InChI is InChI=1S/C26H24N4O/c1-28-23-16-18-8-7-13-27-25(18)30(22-12-6-11-21(24(22)23)26(28)31)20-10-5-9-19(17-20)29-14-3-2-4-15-29/h5-13,16-17H,2-4,14-15H2,1H3. The third-order valence-electron chi connectivity index (χ3n) is 6.57. The molecule has 0 atom stereocenters. The molecule has 5 heteroatoms. The van der Waals surface area contributed by atoms with Crippen molar-refractivity contribution < 1.29 is 4.79 Å². The molecule has 3 aromatic rings. The first-order valence-corrected chi connectivity index (χ1v) is 11.0. The van der Waals surface area contributed by atoms with Crippen LogP contribution in [0.2, 0.25) is 0 Å². The number of piperidine rings is 1. The van der Waals surface area contributed by atoms with Gasteiger partial charge < -0.3 is 9.80 Å². The monoisotopic (exact) mass is 408 g/mol. The topological polar surface area (TPSA) is 39.7 Å². The predicted octanol–water partition coefficient (Wildman–Crippen LogP) is 5.44. The van der Waals surface area contributed by atoms with Crippen LogP contribution in [0.15, 0.2) is 60.8 Å². The van der Waals surface area contributed by atoms with Crippen LogP contribution in [0.5, 0.6) is 0 Å². The van der Waals surface area contributed by atoms with Crippen LogP contribution in [0.1, 0.15) is 40.7 Å². The van der Waals surface area contributed by atoms with E-state index in [0.717, 1.165) is 52.7 Å². The molecule has 154 valence electrons. The number of aromatic nitrogens is 1. The molecule has 2 aromatic carbocycles. The number of anilines is 4. The zero-order chi connectivity index (χ0) is 20.9. The lowest BCUT2D eigenvalue weighted by atomic mass is 10.0. The van der Waals surface area contributed by atoms with Crippen molar-refractivity contribution in [2.75, 3.05) is 29.9 Å². The molecule has 6 rings (SSSR count). The molecular weight excluding hydrogens is 384 g/mol. The van der Waals surface area contributed by atoms with E-state index in [1.807, 2.05) is 31.4 Å². The fraction of sp³-hybridized carbons (Fsp3) is 0.231. The van der Waals surface area contributed by atoms with Crippen LogP contribution in [-0.2, 0) is 0 Å². The Morgan fingerprint density at radius 2 is 1.71 bits per heavy atom. The summed E-state index contributed by atoms with van der Waals surface area (Å²) in [6.45, 7) is 2.20. The second-order valence-electron chi connectivity index (χ2n) is 8.41. The van der Waals surface area contributed by atoms with Gasteiger partial charge in [-0.15, -0.1) is 0 Å². The van der Waals surface area contributed by atoms with E-state index in [1.165, 1.54) is 24.9 Å². The number of hydrogen-bond donors (Lipinski definition) is 0. The highest BCUT2D eigenvalue weighted by molar-refractivity contribution is 6.16. The zero-order valence-corrected chi connectivity index (χ0v) is 17.6. The Morgan fingerprint density at radius 1 is 0.903 bits per heavy atom. The van der Waals surface area contributed by atoms with Gasteiger partial charge in [0.15, 0.2) is 0 Å². The van der Waals surface area contributed by atoms with Gasteiger partial charge in [-0.05, 0) is 67.8 Å². The lowest BCUT2D eigenvalue weighted by molar-refractivity contribution is 0.0875. The number of carbonyl (C=O) groups is 1. The quantitative estimate of drug-likeness (QED) is 0.566. The van der Waals surface area contributed by atoms with Crippen molar-refractivity contribution in [3.8, 4) is 0 Å². The number of hydrogen-bond acceptors (Lipinski definition) is 4. The van der Waals surface area contributed by atoms with Gasteiger partial charge in [0.05, 0.1) is 16.9 Å².